The van der Waals surface area contributed by atoms with Gasteiger partial charge in [0.25, 0.3) is 5.91 Å². The molecule has 134 valence electrons. The molecule has 3 rings (SSSR count). The van der Waals surface area contributed by atoms with Gasteiger partial charge in [-0.25, -0.2) is 9.67 Å². The van der Waals surface area contributed by atoms with E-state index in [0.29, 0.717) is 22.5 Å². The van der Waals surface area contributed by atoms with E-state index in [1.54, 1.807) is 24.9 Å². The number of ketones is 1. The van der Waals surface area contributed by atoms with Crippen LogP contribution in [0.5, 0.6) is 0 Å². The number of Topliss-reactive ketones (excluding diaryl/α,β-unsaturated/α-hetero) is 1. The molecule has 7 heteroatoms. The molecule has 0 bridgehead atoms. The predicted molar refractivity (Wildman–Crippen MR) is 97.5 cm³/mol. The van der Waals surface area contributed by atoms with E-state index in [1.165, 1.54) is 13.3 Å². The minimum absolute atomic E-state index is 0.0490. The van der Waals surface area contributed by atoms with E-state index in [0.717, 1.165) is 11.3 Å². The van der Waals surface area contributed by atoms with Crippen LogP contribution < -0.4 is 5.32 Å². The van der Waals surface area contributed by atoms with Gasteiger partial charge < -0.3 is 10.3 Å². The second-order valence-electron chi connectivity index (χ2n) is 6.31. The van der Waals surface area contributed by atoms with Gasteiger partial charge in [-0.3, -0.25) is 9.59 Å². The fraction of sp³-hybridized carbons (Fsp3) is 0.263. The zero-order chi connectivity index (χ0) is 18.8. The maximum absolute atomic E-state index is 12.6. The summed E-state index contributed by atoms with van der Waals surface area (Å²) >= 11 is 0. The molecule has 2 aromatic heterocycles. The lowest BCUT2D eigenvalue weighted by Gasteiger charge is -2.15. The normalized spacial score (nSPS) is 12.0. The van der Waals surface area contributed by atoms with E-state index in [1.807, 2.05) is 31.2 Å². The van der Waals surface area contributed by atoms with Crippen molar-refractivity contribution < 1.29 is 9.59 Å². The first-order valence-corrected chi connectivity index (χ1v) is 8.34. The average molecular weight is 351 g/mol. The number of hydrogen-bond acceptors (Lipinski definition) is 4. The molecule has 2 N–H and O–H groups in total. The summed E-state index contributed by atoms with van der Waals surface area (Å²) in [5, 5.41) is 7.06. The highest BCUT2D eigenvalue weighted by atomic mass is 16.2. The van der Waals surface area contributed by atoms with Crippen LogP contribution in [0.3, 0.4) is 0 Å². The Morgan fingerprint density at radius 1 is 1.19 bits per heavy atom. The molecule has 0 saturated carbocycles. The third-order valence-electron chi connectivity index (χ3n) is 4.44. The first-order chi connectivity index (χ1) is 12.4. The lowest BCUT2D eigenvalue weighted by atomic mass is 10.1. The number of nitrogens with one attached hydrogen (secondary N) is 2. The van der Waals surface area contributed by atoms with Crippen LogP contribution in [-0.4, -0.2) is 31.4 Å². The Morgan fingerprint density at radius 2 is 1.88 bits per heavy atom. The number of amides is 1. The topological polar surface area (TPSA) is 92.7 Å². The molecule has 1 amide bonds. The van der Waals surface area contributed by atoms with E-state index in [-0.39, 0.29) is 17.7 Å². The van der Waals surface area contributed by atoms with Crippen molar-refractivity contribution in [3.63, 3.8) is 0 Å². The SMILES string of the molecule is CC(=O)c1c(C)[nH]c(C(=O)N[C@H](C)c2ccc(-n3cncn3)cc2)c1C. The summed E-state index contributed by atoms with van der Waals surface area (Å²) in [6.07, 6.45) is 3.11. The first-order valence-electron chi connectivity index (χ1n) is 8.34. The number of carbonyl (C=O) groups is 2. The summed E-state index contributed by atoms with van der Waals surface area (Å²) in [7, 11) is 0. The Labute approximate surface area is 151 Å². The van der Waals surface area contributed by atoms with Crippen LogP contribution in [0.1, 0.15) is 57.6 Å². The quantitative estimate of drug-likeness (QED) is 0.691. The minimum Gasteiger partial charge on any atom is -0.354 e. The zero-order valence-corrected chi connectivity index (χ0v) is 15.2. The van der Waals surface area contributed by atoms with Gasteiger partial charge in [0, 0.05) is 11.3 Å². The number of H-pyrrole nitrogens is 1. The van der Waals surface area contributed by atoms with Crippen LogP contribution in [0.2, 0.25) is 0 Å². The molecule has 7 nitrogen and oxygen atoms in total. The molecule has 1 atom stereocenters. The van der Waals surface area contributed by atoms with Crippen molar-refractivity contribution in [2.45, 2.75) is 33.7 Å². The summed E-state index contributed by atoms with van der Waals surface area (Å²) in [4.78, 5) is 31.3. The van der Waals surface area contributed by atoms with Crippen molar-refractivity contribution in [2.75, 3.05) is 0 Å². The highest BCUT2D eigenvalue weighted by Gasteiger charge is 2.21. The zero-order valence-electron chi connectivity index (χ0n) is 15.2. The maximum atomic E-state index is 12.6. The van der Waals surface area contributed by atoms with Crippen LogP contribution in [0.25, 0.3) is 5.69 Å². The highest BCUT2D eigenvalue weighted by molar-refractivity contribution is 6.02. The number of carbonyl (C=O) groups excluding carboxylic acids is 2. The van der Waals surface area contributed by atoms with E-state index in [4.69, 9.17) is 0 Å². The fourth-order valence-corrected chi connectivity index (χ4v) is 3.11. The molecule has 2 heterocycles. The molecule has 0 unspecified atom stereocenters. The standard InChI is InChI=1S/C19H21N5O2/c1-11-17(14(4)25)13(3)22-18(11)19(26)23-12(2)15-5-7-16(8-6-15)24-10-20-9-21-24/h5-10,12,22H,1-4H3,(H,23,26)/t12-/m1/s1. The van der Waals surface area contributed by atoms with Crippen molar-refractivity contribution in [2.24, 2.45) is 0 Å². The van der Waals surface area contributed by atoms with Gasteiger partial charge >= 0.3 is 0 Å². The number of hydrogen-bond donors (Lipinski definition) is 2. The van der Waals surface area contributed by atoms with Crippen LogP contribution in [0.4, 0.5) is 0 Å². The first kappa shape index (κ1) is 17.6. The second kappa shape index (κ2) is 6.95. The van der Waals surface area contributed by atoms with Crippen LogP contribution >= 0.6 is 0 Å². The Morgan fingerprint density at radius 3 is 2.42 bits per heavy atom. The van der Waals surface area contributed by atoms with Crippen LogP contribution in [-0.2, 0) is 0 Å². The van der Waals surface area contributed by atoms with Gasteiger partial charge in [-0.15, -0.1) is 0 Å². The molecule has 3 aromatic rings. The van der Waals surface area contributed by atoms with Gasteiger partial charge in [-0.1, -0.05) is 12.1 Å². The lowest BCUT2D eigenvalue weighted by Crippen LogP contribution is -2.27. The van der Waals surface area contributed by atoms with Crippen molar-refractivity contribution in [1.82, 2.24) is 25.1 Å². The van der Waals surface area contributed by atoms with Crippen LogP contribution in [0, 0.1) is 13.8 Å². The third kappa shape index (κ3) is 3.28. The second-order valence-corrected chi connectivity index (χ2v) is 6.31. The molecule has 0 saturated heterocycles. The molecule has 0 aliphatic heterocycles. The Bertz CT molecular complexity index is 939. The van der Waals surface area contributed by atoms with Gasteiger partial charge in [-0.2, -0.15) is 5.10 Å². The number of aryl methyl sites for hydroxylation is 1. The molecule has 1 aromatic carbocycles. The molecule has 0 aliphatic rings. The van der Waals surface area contributed by atoms with Crippen LogP contribution in [0.15, 0.2) is 36.9 Å². The summed E-state index contributed by atoms with van der Waals surface area (Å²) in [5.41, 5.74) is 4.27. The minimum atomic E-state index is -0.231. The van der Waals surface area contributed by atoms with Crippen molar-refractivity contribution in [3.05, 3.63) is 65.0 Å². The molecular weight excluding hydrogens is 330 g/mol. The number of nitrogens with zero attached hydrogens (tertiary/aromatic N) is 3. The average Bonchev–Trinajstić information content (AvgIpc) is 3.23. The number of rotatable bonds is 5. The Kier molecular flexibility index (Phi) is 4.71. The molecule has 0 spiro atoms. The summed E-state index contributed by atoms with van der Waals surface area (Å²) in [6.45, 7) is 7.00. The van der Waals surface area contributed by atoms with Crippen molar-refractivity contribution >= 4 is 11.7 Å². The number of aromatic nitrogens is 4. The molecule has 0 fully saturated rings. The molecule has 26 heavy (non-hydrogen) atoms. The van der Waals surface area contributed by atoms with E-state index in [2.05, 4.69) is 20.4 Å². The summed E-state index contributed by atoms with van der Waals surface area (Å²) in [6, 6.07) is 7.54. The predicted octanol–water partition coefficient (Wildman–Crippen LogP) is 2.91. The largest absolute Gasteiger partial charge is 0.354 e. The highest BCUT2D eigenvalue weighted by Crippen LogP contribution is 2.20. The van der Waals surface area contributed by atoms with E-state index >= 15 is 0 Å². The van der Waals surface area contributed by atoms with E-state index in [9.17, 15) is 9.59 Å². The van der Waals surface area contributed by atoms with E-state index < -0.39 is 0 Å². The van der Waals surface area contributed by atoms with Gasteiger partial charge in [0.2, 0.25) is 0 Å². The third-order valence-corrected chi connectivity index (χ3v) is 4.44. The Balaban J connectivity index is 1.75. The lowest BCUT2D eigenvalue weighted by molar-refractivity contribution is 0.0934. The van der Waals surface area contributed by atoms with Gasteiger partial charge in [0.15, 0.2) is 5.78 Å². The number of benzene rings is 1. The number of aromatic amines is 1. The maximum Gasteiger partial charge on any atom is 0.268 e. The van der Waals surface area contributed by atoms with Crippen molar-refractivity contribution in [1.29, 1.82) is 0 Å². The Hall–Kier alpha value is -3.22. The van der Waals surface area contributed by atoms with Crippen molar-refractivity contribution in [3.8, 4) is 5.69 Å². The van der Waals surface area contributed by atoms with Gasteiger partial charge in [0.1, 0.15) is 18.3 Å². The summed E-state index contributed by atoms with van der Waals surface area (Å²) < 4.78 is 1.67. The molecule has 0 aliphatic carbocycles. The monoisotopic (exact) mass is 351 g/mol. The van der Waals surface area contributed by atoms with Gasteiger partial charge in [-0.05, 0) is 51.0 Å². The smallest absolute Gasteiger partial charge is 0.268 e. The van der Waals surface area contributed by atoms with Gasteiger partial charge in [0.05, 0.1) is 11.7 Å². The fourth-order valence-electron chi connectivity index (χ4n) is 3.11. The molecular formula is C19H21N5O2. The summed E-state index contributed by atoms with van der Waals surface area (Å²) in [5.74, 6) is -0.280. The molecule has 0 radical (unpaired) electrons.